The van der Waals surface area contributed by atoms with Crippen molar-refractivity contribution in [3.63, 3.8) is 0 Å². The Kier molecular flexibility index (Phi) is 3.05. The zero-order valence-electron chi connectivity index (χ0n) is 10.6. The molecule has 0 bridgehead atoms. The van der Waals surface area contributed by atoms with Gasteiger partial charge in [-0.15, -0.1) is 0 Å². The number of benzene rings is 2. The van der Waals surface area contributed by atoms with Gasteiger partial charge in [-0.25, -0.2) is 0 Å². The lowest BCUT2D eigenvalue weighted by Crippen LogP contribution is -1.89. The molecule has 0 aliphatic heterocycles. The van der Waals surface area contributed by atoms with Gasteiger partial charge in [0.1, 0.15) is 0 Å². The molecule has 1 heteroatoms. The Morgan fingerprint density at radius 2 is 1.59 bits per heavy atom. The largest absolute Gasteiger partial charge is 0.197 e. The van der Waals surface area contributed by atoms with Crippen molar-refractivity contribution in [3.05, 3.63) is 58.1 Å². The molecule has 0 amide bonds. The van der Waals surface area contributed by atoms with E-state index in [1.807, 2.05) is 0 Å². The Labute approximate surface area is 110 Å². The molecule has 0 nitrogen and oxygen atoms in total. The first kappa shape index (κ1) is 12.3. The lowest BCUT2D eigenvalue weighted by atomic mass is 9.98. The van der Waals surface area contributed by atoms with Crippen molar-refractivity contribution in [2.24, 2.45) is 0 Å². The van der Waals surface area contributed by atoms with Gasteiger partial charge >= 0.3 is 0 Å². The van der Waals surface area contributed by atoms with E-state index in [-0.39, 0.29) is 13.5 Å². The van der Waals surface area contributed by atoms with E-state index in [0.717, 1.165) is 6.42 Å². The fraction of sp³-hybridized carbons (Fsp3) is 0.250. The molecule has 0 spiro atoms. The SMILES string of the molecule is Cc1ccc2c(c1)Cc1c-2ccc(C)c1C.S. The van der Waals surface area contributed by atoms with Crippen LogP contribution in [0.25, 0.3) is 11.1 Å². The van der Waals surface area contributed by atoms with Crippen LogP contribution in [0.1, 0.15) is 27.8 Å². The third-order valence-electron chi connectivity index (χ3n) is 3.79. The summed E-state index contributed by atoms with van der Waals surface area (Å²) in [7, 11) is 0. The second-order valence-electron chi connectivity index (χ2n) is 4.87. The highest BCUT2D eigenvalue weighted by Crippen LogP contribution is 2.39. The van der Waals surface area contributed by atoms with Crippen molar-refractivity contribution in [2.75, 3.05) is 0 Å². The topological polar surface area (TPSA) is 0 Å². The zero-order chi connectivity index (χ0) is 11.3. The highest BCUT2D eigenvalue weighted by Gasteiger charge is 2.20. The number of rotatable bonds is 0. The van der Waals surface area contributed by atoms with E-state index in [0.29, 0.717) is 0 Å². The maximum Gasteiger partial charge on any atom is -0.00106 e. The first-order valence-electron chi connectivity index (χ1n) is 5.86. The third-order valence-corrected chi connectivity index (χ3v) is 3.79. The molecule has 0 saturated carbocycles. The van der Waals surface area contributed by atoms with E-state index in [1.54, 1.807) is 0 Å². The average Bonchev–Trinajstić information content (AvgIpc) is 2.62. The minimum Gasteiger partial charge on any atom is -0.197 e. The van der Waals surface area contributed by atoms with Crippen molar-refractivity contribution in [2.45, 2.75) is 27.2 Å². The predicted octanol–water partition coefficient (Wildman–Crippen LogP) is 4.30. The van der Waals surface area contributed by atoms with Crippen LogP contribution >= 0.6 is 13.5 Å². The molecule has 1 aliphatic carbocycles. The van der Waals surface area contributed by atoms with E-state index in [1.165, 1.54) is 38.9 Å². The number of hydrogen-bond acceptors (Lipinski definition) is 0. The van der Waals surface area contributed by atoms with Crippen LogP contribution in [0.4, 0.5) is 0 Å². The Morgan fingerprint density at radius 3 is 2.35 bits per heavy atom. The second kappa shape index (κ2) is 4.23. The summed E-state index contributed by atoms with van der Waals surface area (Å²) in [6, 6.07) is 11.3. The van der Waals surface area contributed by atoms with Crippen LogP contribution in [-0.2, 0) is 6.42 Å². The Morgan fingerprint density at radius 1 is 0.882 bits per heavy atom. The minimum absolute atomic E-state index is 0. The summed E-state index contributed by atoms with van der Waals surface area (Å²) in [5.74, 6) is 0. The normalized spacial score (nSPS) is 11.7. The second-order valence-corrected chi connectivity index (χ2v) is 4.87. The van der Waals surface area contributed by atoms with Gasteiger partial charge in [0.15, 0.2) is 0 Å². The highest BCUT2D eigenvalue weighted by atomic mass is 32.1. The van der Waals surface area contributed by atoms with Crippen LogP contribution in [0.2, 0.25) is 0 Å². The summed E-state index contributed by atoms with van der Waals surface area (Å²) in [6.45, 7) is 6.61. The van der Waals surface area contributed by atoms with Crippen LogP contribution < -0.4 is 0 Å². The maximum absolute atomic E-state index is 2.32. The third kappa shape index (κ3) is 1.79. The lowest BCUT2D eigenvalue weighted by molar-refractivity contribution is 1.18. The standard InChI is InChI=1S/C16H16.H2S/c1-10-4-6-14-13(8-10)9-16-12(3)11(2)5-7-15(14)16;/h4-8H,9H2,1-3H3;1H2. The van der Waals surface area contributed by atoms with E-state index in [2.05, 4.69) is 51.1 Å². The molecule has 0 unspecified atom stereocenters. The van der Waals surface area contributed by atoms with Crippen LogP contribution in [0.15, 0.2) is 30.3 Å². The summed E-state index contributed by atoms with van der Waals surface area (Å²) in [4.78, 5) is 0. The van der Waals surface area contributed by atoms with Gasteiger partial charge < -0.3 is 0 Å². The molecule has 17 heavy (non-hydrogen) atoms. The van der Waals surface area contributed by atoms with Crippen molar-refractivity contribution in [1.29, 1.82) is 0 Å². The van der Waals surface area contributed by atoms with Crippen molar-refractivity contribution in [1.82, 2.24) is 0 Å². The van der Waals surface area contributed by atoms with Gasteiger partial charge in [0.2, 0.25) is 0 Å². The van der Waals surface area contributed by atoms with E-state index >= 15 is 0 Å². The van der Waals surface area contributed by atoms with Gasteiger partial charge in [-0.3, -0.25) is 0 Å². The summed E-state index contributed by atoms with van der Waals surface area (Å²) < 4.78 is 0. The molecule has 0 aromatic heterocycles. The molecule has 88 valence electrons. The summed E-state index contributed by atoms with van der Waals surface area (Å²) in [6.07, 6.45) is 1.11. The molecule has 2 aromatic rings. The molecule has 2 aromatic carbocycles. The van der Waals surface area contributed by atoms with Crippen molar-refractivity contribution in [3.8, 4) is 11.1 Å². The summed E-state index contributed by atoms with van der Waals surface area (Å²) >= 11 is 0. The Bertz CT molecular complexity index is 582. The van der Waals surface area contributed by atoms with Gasteiger partial charge in [-0.05, 0) is 60.6 Å². The van der Waals surface area contributed by atoms with Crippen molar-refractivity contribution >= 4 is 13.5 Å². The Hall–Kier alpha value is -1.21. The molecule has 1 aliphatic rings. The summed E-state index contributed by atoms with van der Waals surface area (Å²) in [5, 5.41) is 0. The fourth-order valence-electron chi connectivity index (χ4n) is 2.68. The summed E-state index contributed by atoms with van der Waals surface area (Å²) in [5.41, 5.74) is 10.1. The molecule has 0 saturated heterocycles. The number of hydrogen-bond donors (Lipinski definition) is 0. The lowest BCUT2D eigenvalue weighted by Gasteiger charge is -2.07. The monoisotopic (exact) mass is 242 g/mol. The molecular formula is C16H18S. The van der Waals surface area contributed by atoms with Crippen LogP contribution in [0.3, 0.4) is 0 Å². The van der Waals surface area contributed by atoms with E-state index < -0.39 is 0 Å². The van der Waals surface area contributed by atoms with Gasteiger partial charge in [0.25, 0.3) is 0 Å². The van der Waals surface area contributed by atoms with Crippen molar-refractivity contribution < 1.29 is 0 Å². The first-order chi connectivity index (χ1) is 7.66. The molecule has 0 radical (unpaired) electrons. The maximum atomic E-state index is 2.32. The first-order valence-corrected chi connectivity index (χ1v) is 5.86. The van der Waals surface area contributed by atoms with Gasteiger partial charge in [0.05, 0.1) is 0 Å². The van der Waals surface area contributed by atoms with Crippen LogP contribution in [0.5, 0.6) is 0 Å². The number of aryl methyl sites for hydroxylation is 2. The Balaban J connectivity index is 0.00000108. The molecule has 0 heterocycles. The van der Waals surface area contributed by atoms with E-state index in [9.17, 15) is 0 Å². The quantitative estimate of drug-likeness (QED) is 0.551. The molecule has 3 rings (SSSR count). The van der Waals surface area contributed by atoms with Gasteiger partial charge in [-0.2, -0.15) is 13.5 Å². The zero-order valence-corrected chi connectivity index (χ0v) is 11.6. The van der Waals surface area contributed by atoms with Crippen LogP contribution in [0, 0.1) is 20.8 Å². The predicted molar refractivity (Wildman–Crippen MR) is 79.3 cm³/mol. The fourth-order valence-corrected chi connectivity index (χ4v) is 2.68. The molecule has 0 N–H and O–H groups in total. The molecule has 0 fully saturated rings. The molecular weight excluding hydrogens is 224 g/mol. The minimum atomic E-state index is 0. The number of fused-ring (bicyclic) bond motifs is 3. The smallest absolute Gasteiger partial charge is 0.00106 e. The van der Waals surface area contributed by atoms with Gasteiger partial charge in [-0.1, -0.05) is 35.9 Å². The van der Waals surface area contributed by atoms with E-state index in [4.69, 9.17) is 0 Å². The van der Waals surface area contributed by atoms with Gasteiger partial charge in [0, 0.05) is 0 Å². The van der Waals surface area contributed by atoms with Crippen LogP contribution in [-0.4, -0.2) is 0 Å². The average molecular weight is 242 g/mol. The molecule has 0 atom stereocenters. The highest BCUT2D eigenvalue weighted by molar-refractivity contribution is 7.59.